The van der Waals surface area contributed by atoms with Crippen molar-refractivity contribution >= 4 is 26.0 Å². The van der Waals surface area contributed by atoms with Crippen LogP contribution in [-0.2, 0) is 24.8 Å². The van der Waals surface area contributed by atoms with E-state index in [4.69, 9.17) is 0 Å². The summed E-state index contributed by atoms with van der Waals surface area (Å²) in [6.07, 6.45) is 3.23. The second kappa shape index (κ2) is 5.33. The van der Waals surface area contributed by atoms with Gasteiger partial charge in [0.15, 0.2) is 0 Å². The molecule has 0 saturated heterocycles. The number of hydrogen-bond donors (Lipinski definition) is 3. The molecule has 4 saturated carbocycles. The molecule has 4 rings (SSSR count). The molecule has 2 atom stereocenters. The first-order valence-corrected chi connectivity index (χ1v) is 11.2. The highest BCUT2D eigenvalue weighted by molar-refractivity contribution is 8.05. The van der Waals surface area contributed by atoms with Gasteiger partial charge in [0.05, 0.1) is 11.9 Å². The first-order chi connectivity index (χ1) is 11.2. The summed E-state index contributed by atoms with van der Waals surface area (Å²) >= 11 is 0. The maximum Gasteiger partial charge on any atom is 0.436 e. The number of sulfonamides is 2. The van der Waals surface area contributed by atoms with Crippen LogP contribution in [0, 0.1) is 11.8 Å². The summed E-state index contributed by atoms with van der Waals surface area (Å²) in [5, 5.41) is 7.71. The lowest BCUT2D eigenvalue weighted by molar-refractivity contribution is -0.158. The summed E-state index contributed by atoms with van der Waals surface area (Å²) in [6.45, 7) is 0. The van der Waals surface area contributed by atoms with Crippen LogP contribution in [0.15, 0.2) is 0 Å². The number of halogens is 2. The molecule has 1 amide bonds. The Morgan fingerprint density at radius 3 is 2.08 bits per heavy atom. The highest BCUT2D eigenvalue weighted by atomic mass is 32.3. The van der Waals surface area contributed by atoms with Crippen LogP contribution in [0.1, 0.15) is 38.5 Å². The van der Waals surface area contributed by atoms with Crippen molar-refractivity contribution in [3.8, 4) is 0 Å². The van der Waals surface area contributed by atoms with Crippen molar-refractivity contribution in [1.29, 1.82) is 0 Å². The Bertz CT molecular complexity index is 796. The Labute approximate surface area is 144 Å². The average molecular weight is 402 g/mol. The molecular formula is C13H20F2N2O6S2. The first-order valence-electron chi connectivity index (χ1n) is 7.81. The molecule has 0 radical (unpaired) electrons. The molecule has 4 fully saturated rings. The smallest absolute Gasteiger partial charge is 0.390 e. The maximum absolute atomic E-state index is 14.1. The molecule has 4 aliphatic carbocycles. The van der Waals surface area contributed by atoms with Crippen LogP contribution in [0.4, 0.5) is 8.78 Å². The molecule has 0 heterocycles. The van der Waals surface area contributed by atoms with Gasteiger partial charge in [-0.3, -0.25) is 4.79 Å². The summed E-state index contributed by atoms with van der Waals surface area (Å²) in [6, 6.07) is 0. The van der Waals surface area contributed by atoms with Gasteiger partial charge in [-0.05, 0) is 50.4 Å². The minimum Gasteiger partial charge on any atom is -0.390 e. The van der Waals surface area contributed by atoms with E-state index < -0.39 is 42.3 Å². The van der Waals surface area contributed by atoms with E-state index in [2.05, 4.69) is 5.32 Å². The van der Waals surface area contributed by atoms with Gasteiger partial charge < -0.3 is 10.4 Å². The van der Waals surface area contributed by atoms with E-state index in [1.165, 1.54) is 0 Å². The van der Waals surface area contributed by atoms with Crippen molar-refractivity contribution in [3.63, 3.8) is 0 Å². The van der Waals surface area contributed by atoms with E-state index >= 15 is 0 Å². The quantitative estimate of drug-likeness (QED) is 0.577. The Morgan fingerprint density at radius 1 is 1.12 bits per heavy atom. The SMILES string of the molecule is CS(=O)(=O)NS(=O)(=O)C(F)(F)C(=O)NC12CC3CC(CC(O)(C3)C1)C2. The lowest BCUT2D eigenvalue weighted by Crippen LogP contribution is -2.67. The summed E-state index contributed by atoms with van der Waals surface area (Å²) in [4.78, 5) is 12.0. The van der Waals surface area contributed by atoms with Gasteiger partial charge >= 0.3 is 11.2 Å². The Hall–Kier alpha value is -0.850. The van der Waals surface area contributed by atoms with Crippen molar-refractivity contribution < 1.29 is 35.5 Å². The highest BCUT2D eigenvalue weighted by Crippen LogP contribution is 2.57. The van der Waals surface area contributed by atoms with Gasteiger partial charge in [-0.25, -0.2) is 16.8 Å². The van der Waals surface area contributed by atoms with Crippen LogP contribution in [0.3, 0.4) is 0 Å². The zero-order chi connectivity index (χ0) is 18.9. The predicted octanol–water partition coefficient (Wildman–Crippen LogP) is -0.342. The molecule has 4 bridgehead atoms. The van der Waals surface area contributed by atoms with Crippen molar-refractivity contribution in [3.05, 3.63) is 0 Å². The molecule has 8 nitrogen and oxygen atoms in total. The van der Waals surface area contributed by atoms with E-state index in [9.17, 15) is 35.5 Å². The normalized spacial score (nSPS) is 37.9. The van der Waals surface area contributed by atoms with Gasteiger partial charge in [-0.2, -0.15) is 8.78 Å². The van der Waals surface area contributed by atoms with Gasteiger partial charge in [-0.1, -0.05) is 0 Å². The number of amides is 1. The molecule has 25 heavy (non-hydrogen) atoms. The van der Waals surface area contributed by atoms with Gasteiger partial charge in [0.2, 0.25) is 10.0 Å². The topological polar surface area (TPSA) is 130 Å². The molecule has 144 valence electrons. The third-order valence-corrected chi connectivity index (χ3v) is 8.22. The van der Waals surface area contributed by atoms with E-state index in [0.717, 1.165) is 10.5 Å². The molecule has 3 N–H and O–H groups in total. The number of carbonyl (C=O) groups excluding carboxylic acids is 1. The molecule has 0 aliphatic heterocycles. The highest BCUT2D eigenvalue weighted by Gasteiger charge is 2.61. The minimum atomic E-state index is -5.76. The van der Waals surface area contributed by atoms with Gasteiger partial charge in [-0.15, -0.1) is 4.13 Å². The van der Waals surface area contributed by atoms with Crippen LogP contribution in [-0.4, -0.2) is 50.5 Å². The number of alkyl halides is 2. The van der Waals surface area contributed by atoms with Crippen molar-refractivity contribution in [2.24, 2.45) is 11.8 Å². The molecule has 0 spiro atoms. The third-order valence-electron chi connectivity index (χ3n) is 5.27. The number of aliphatic hydroxyl groups is 1. The molecule has 2 unspecified atom stereocenters. The number of carbonyl (C=O) groups is 1. The predicted molar refractivity (Wildman–Crippen MR) is 82.4 cm³/mol. The summed E-state index contributed by atoms with van der Waals surface area (Å²) in [5.41, 5.74) is -2.11. The number of hydrogen-bond acceptors (Lipinski definition) is 6. The summed E-state index contributed by atoms with van der Waals surface area (Å²) in [7, 11) is -10.3. The molecule has 0 aromatic carbocycles. The van der Waals surface area contributed by atoms with Crippen molar-refractivity contribution in [2.45, 2.75) is 54.9 Å². The van der Waals surface area contributed by atoms with E-state index in [0.29, 0.717) is 31.9 Å². The summed E-state index contributed by atoms with van der Waals surface area (Å²) < 4.78 is 74.2. The van der Waals surface area contributed by atoms with E-state index in [1.807, 2.05) is 0 Å². The van der Waals surface area contributed by atoms with Crippen molar-refractivity contribution in [1.82, 2.24) is 9.44 Å². The molecule has 0 aromatic rings. The zero-order valence-electron chi connectivity index (χ0n) is 13.5. The van der Waals surface area contributed by atoms with Crippen LogP contribution in [0.2, 0.25) is 0 Å². The monoisotopic (exact) mass is 402 g/mol. The third kappa shape index (κ3) is 3.40. The van der Waals surface area contributed by atoms with Gasteiger partial charge in [0.1, 0.15) is 0 Å². The standard InChI is InChI=1S/C13H20F2N2O6S2/c1-24(20,21)17-25(22,23)13(14,15)10(18)16-11-3-8-2-9(4-11)6-12(19,5-8)7-11/h8-9,17,19H,2-7H2,1H3,(H,16,18). The Kier molecular flexibility index (Phi) is 4.04. The first kappa shape index (κ1) is 18.9. The van der Waals surface area contributed by atoms with Crippen LogP contribution in [0.5, 0.6) is 0 Å². The second-order valence-electron chi connectivity index (χ2n) is 7.80. The second-order valence-corrected chi connectivity index (χ2v) is 11.5. The molecule has 12 heteroatoms. The summed E-state index contributed by atoms with van der Waals surface area (Å²) in [5.74, 6) is -1.90. The fraction of sp³-hybridized carbons (Fsp3) is 0.923. The average Bonchev–Trinajstić information content (AvgIpc) is 2.31. The van der Waals surface area contributed by atoms with Crippen LogP contribution < -0.4 is 9.44 Å². The largest absolute Gasteiger partial charge is 0.436 e. The Balaban J connectivity index is 1.82. The minimum absolute atomic E-state index is 0.0888. The van der Waals surface area contributed by atoms with Gasteiger partial charge in [0.25, 0.3) is 10.0 Å². The number of rotatable bonds is 5. The molecule has 4 aliphatic rings. The van der Waals surface area contributed by atoms with Crippen LogP contribution >= 0.6 is 0 Å². The fourth-order valence-corrected chi connectivity index (χ4v) is 7.36. The fourth-order valence-electron chi connectivity index (χ4n) is 5.05. The Morgan fingerprint density at radius 2 is 1.64 bits per heavy atom. The number of nitrogens with one attached hydrogen (secondary N) is 2. The lowest BCUT2D eigenvalue weighted by Gasteiger charge is -2.60. The van der Waals surface area contributed by atoms with Crippen LogP contribution in [0.25, 0.3) is 0 Å². The van der Waals surface area contributed by atoms with Gasteiger partial charge in [0, 0.05) is 5.54 Å². The maximum atomic E-state index is 14.1. The van der Waals surface area contributed by atoms with E-state index in [-0.39, 0.29) is 18.3 Å². The van der Waals surface area contributed by atoms with E-state index in [1.54, 1.807) is 0 Å². The molecule has 0 aromatic heterocycles. The zero-order valence-corrected chi connectivity index (χ0v) is 15.1. The lowest BCUT2D eigenvalue weighted by atomic mass is 9.51. The molecular weight excluding hydrogens is 382 g/mol. The van der Waals surface area contributed by atoms with Crippen molar-refractivity contribution in [2.75, 3.05) is 6.26 Å².